The zero-order chi connectivity index (χ0) is 22.1. The van der Waals surface area contributed by atoms with Crippen molar-refractivity contribution in [1.82, 2.24) is 9.55 Å². The summed E-state index contributed by atoms with van der Waals surface area (Å²) in [4.78, 5) is 39.4. The van der Waals surface area contributed by atoms with Crippen LogP contribution in [-0.2, 0) is 13.5 Å². The molecular weight excluding hydrogens is 402 g/mol. The fourth-order valence-corrected chi connectivity index (χ4v) is 3.29. The molecule has 0 fully saturated rings. The number of aryl methyl sites for hydroxylation is 2. The molecule has 0 amide bonds. The number of aromatic nitrogens is 2. The standard InChI is InChI=1S/C22H17N3O6/c1-3-13-11-20(26)31-19-12-15(5-6-16(13)19)30-18-7-4-14(10-17(18)25(28)29)21(27)22-23-8-9-24(22)2/h4-12H,3H2,1-2H3. The van der Waals surface area contributed by atoms with E-state index in [0.29, 0.717) is 12.0 Å². The Labute approximate surface area is 175 Å². The molecule has 0 N–H and O–H groups in total. The van der Waals surface area contributed by atoms with Crippen LogP contribution in [-0.4, -0.2) is 20.3 Å². The molecule has 2 heterocycles. The third-order valence-electron chi connectivity index (χ3n) is 4.85. The number of carbonyl (C=O) groups is 1. The van der Waals surface area contributed by atoms with Crippen LogP contribution in [0.1, 0.15) is 28.7 Å². The van der Waals surface area contributed by atoms with Crippen LogP contribution < -0.4 is 10.4 Å². The smallest absolute Gasteiger partial charge is 0.336 e. The summed E-state index contributed by atoms with van der Waals surface area (Å²) < 4.78 is 12.5. The predicted molar refractivity (Wildman–Crippen MR) is 112 cm³/mol. The van der Waals surface area contributed by atoms with Gasteiger partial charge < -0.3 is 13.7 Å². The molecule has 9 nitrogen and oxygen atoms in total. The quantitative estimate of drug-likeness (QED) is 0.200. The van der Waals surface area contributed by atoms with Crippen LogP contribution in [0.5, 0.6) is 11.5 Å². The number of nitro benzene ring substituents is 1. The van der Waals surface area contributed by atoms with E-state index in [1.54, 1.807) is 25.4 Å². The lowest BCUT2D eigenvalue weighted by Gasteiger charge is -2.09. The highest BCUT2D eigenvalue weighted by Gasteiger charge is 2.22. The van der Waals surface area contributed by atoms with E-state index in [1.165, 1.54) is 35.0 Å². The number of nitro groups is 1. The zero-order valence-electron chi connectivity index (χ0n) is 16.7. The molecule has 0 bridgehead atoms. The molecule has 4 aromatic rings. The molecule has 4 rings (SSSR count). The van der Waals surface area contributed by atoms with E-state index in [4.69, 9.17) is 9.15 Å². The van der Waals surface area contributed by atoms with Crippen molar-refractivity contribution in [2.75, 3.05) is 0 Å². The average Bonchev–Trinajstić information content (AvgIpc) is 3.18. The highest BCUT2D eigenvalue weighted by Crippen LogP contribution is 2.34. The number of nitrogens with zero attached hydrogens (tertiary/aromatic N) is 3. The molecule has 156 valence electrons. The summed E-state index contributed by atoms with van der Waals surface area (Å²) >= 11 is 0. The van der Waals surface area contributed by atoms with Crippen LogP contribution in [0.2, 0.25) is 0 Å². The van der Waals surface area contributed by atoms with Crippen molar-refractivity contribution in [3.05, 3.63) is 92.3 Å². The molecular formula is C22H17N3O6. The van der Waals surface area contributed by atoms with Crippen LogP contribution >= 0.6 is 0 Å². The molecule has 9 heteroatoms. The van der Waals surface area contributed by atoms with Gasteiger partial charge in [0.25, 0.3) is 0 Å². The van der Waals surface area contributed by atoms with Gasteiger partial charge in [0.1, 0.15) is 11.3 Å². The van der Waals surface area contributed by atoms with Crippen molar-refractivity contribution in [2.45, 2.75) is 13.3 Å². The van der Waals surface area contributed by atoms with Gasteiger partial charge in [-0.3, -0.25) is 14.9 Å². The van der Waals surface area contributed by atoms with Crippen LogP contribution in [0, 0.1) is 10.1 Å². The van der Waals surface area contributed by atoms with Gasteiger partial charge in [0.2, 0.25) is 11.5 Å². The van der Waals surface area contributed by atoms with Gasteiger partial charge in [-0.1, -0.05) is 6.92 Å². The number of carbonyl (C=O) groups excluding carboxylic acids is 1. The first-order valence-corrected chi connectivity index (χ1v) is 9.42. The van der Waals surface area contributed by atoms with Gasteiger partial charge in [0.05, 0.1) is 4.92 Å². The normalized spacial score (nSPS) is 10.9. The van der Waals surface area contributed by atoms with Crippen LogP contribution in [0.4, 0.5) is 5.69 Å². The summed E-state index contributed by atoms with van der Waals surface area (Å²) in [5, 5.41) is 12.4. The second-order valence-corrected chi connectivity index (χ2v) is 6.83. The highest BCUT2D eigenvalue weighted by atomic mass is 16.6. The number of fused-ring (bicyclic) bond motifs is 1. The predicted octanol–water partition coefficient (Wildman–Crippen LogP) is 4.02. The Morgan fingerprint density at radius 2 is 2.03 bits per heavy atom. The maximum atomic E-state index is 12.6. The number of imidazole rings is 1. The Bertz CT molecular complexity index is 1390. The van der Waals surface area contributed by atoms with Crippen LogP contribution in [0.25, 0.3) is 11.0 Å². The number of rotatable bonds is 6. The summed E-state index contributed by atoms with van der Waals surface area (Å²) in [6.07, 6.45) is 3.74. The van der Waals surface area contributed by atoms with Crippen LogP contribution in [0.15, 0.2) is 64.1 Å². The van der Waals surface area contributed by atoms with E-state index in [2.05, 4.69) is 4.98 Å². The second kappa shape index (κ2) is 7.86. The maximum Gasteiger partial charge on any atom is 0.336 e. The summed E-state index contributed by atoms with van der Waals surface area (Å²) in [6, 6.07) is 10.3. The van der Waals surface area contributed by atoms with Crippen molar-refractivity contribution in [3.63, 3.8) is 0 Å². The number of benzene rings is 2. The van der Waals surface area contributed by atoms with E-state index in [-0.39, 0.29) is 28.6 Å². The molecule has 2 aromatic carbocycles. The molecule has 0 saturated carbocycles. The Balaban J connectivity index is 1.71. The third kappa shape index (κ3) is 3.80. The molecule has 0 aliphatic heterocycles. The minimum Gasteiger partial charge on any atom is -0.450 e. The summed E-state index contributed by atoms with van der Waals surface area (Å²) in [5.74, 6) is -0.0640. The molecule has 0 aliphatic rings. The highest BCUT2D eigenvalue weighted by molar-refractivity contribution is 6.07. The van der Waals surface area contributed by atoms with E-state index in [0.717, 1.165) is 17.0 Å². The van der Waals surface area contributed by atoms with E-state index in [9.17, 15) is 19.7 Å². The minimum atomic E-state index is -0.624. The van der Waals surface area contributed by atoms with Crippen molar-refractivity contribution in [3.8, 4) is 11.5 Å². The number of hydrogen-bond acceptors (Lipinski definition) is 7. The minimum absolute atomic E-state index is 0.0465. The van der Waals surface area contributed by atoms with Crippen molar-refractivity contribution in [1.29, 1.82) is 0 Å². The van der Waals surface area contributed by atoms with Gasteiger partial charge in [-0.05, 0) is 36.2 Å². The van der Waals surface area contributed by atoms with Crippen molar-refractivity contribution < 1.29 is 18.9 Å². The fourth-order valence-electron chi connectivity index (χ4n) is 3.29. The number of ether oxygens (including phenoxy) is 1. The summed E-state index contributed by atoms with van der Waals surface area (Å²) in [7, 11) is 1.66. The monoisotopic (exact) mass is 419 g/mol. The fraction of sp³-hybridized carbons (Fsp3) is 0.136. The van der Waals surface area contributed by atoms with Gasteiger partial charge >= 0.3 is 11.3 Å². The van der Waals surface area contributed by atoms with E-state index in [1.807, 2.05) is 6.92 Å². The number of hydrogen-bond donors (Lipinski definition) is 0. The lowest BCUT2D eigenvalue weighted by Crippen LogP contribution is -2.09. The first-order valence-electron chi connectivity index (χ1n) is 9.42. The van der Waals surface area contributed by atoms with Crippen molar-refractivity contribution in [2.24, 2.45) is 7.05 Å². The molecule has 31 heavy (non-hydrogen) atoms. The molecule has 2 aromatic heterocycles. The van der Waals surface area contributed by atoms with Gasteiger partial charge in [0.15, 0.2) is 5.82 Å². The topological polar surface area (TPSA) is 117 Å². The van der Waals surface area contributed by atoms with E-state index >= 15 is 0 Å². The Morgan fingerprint density at radius 1 is 1.23 bits per heavy atom. The SMILES string of the molecule is CCc1cc(=O)oc2cc(Oc3ccc(C(=O)c4nccn4C)cc3[N+](=O)[O-])ccc12. The second-order valence-electron chi connectivity index (χ2n) is 6.83. The summed E-state index contributed by atoms with van der Waals surface area (Å²) in [6.45, 7) is 1.93. The lowest BCUT2D eigenvalue weighted by molar-refractivity contribution is -0.385. The molecule has 0 spiro atoms. The average molecular weight is 419 g/mol. The maximum absolute atomic E-state index is 12.6. The summed E-state index contributed by atoms with van der Waals surface area (Å²) in [5.41, 5.74) is 0.422. The first-order chi connectivity index (χ1) is 14.9. The largest absolute Gasteiger partial charge is 0.450 e. The third-order valence-corrected chi connectivity index (χ3v) is 4.85. The first kappa shape index (κ1) is 20.0. The Kier molecular flexibility index (Phi) is 5.08. The zero-order valence-corrected chi connectivity index (χ0v) is 16.7. The lowest BCUT2D eigenvalue weighted by atomic mass is 10.1. The molecule has 0 atom stereocenters. The van der Waals surface area contributed by atoms with Gasteiger partial charge in [-0.2, -0.15) is 0 Å². The van der Waals surface area contributed by atoms with Crippen molar-refractivity contribution >= 4 is 22.4 Å². The van der Waals surface area contributed by atoms with Gasteiger partial charge in [0, 0.05) is 48.6 Å². The molecule has 0 unspecified atom stereocenters. The Hall–Kier alpha value is -4.27. The molecule has 0 radical (unpaired) electrons. The molecule has 0 saturated heterocycles. The Morgan fingerprint density at radius 3 is 2.71 bits per heavy atom. The molecule has 0 aliphatic carbocycles. The van der Waals surface area contributed by atoms with Gasteiger partial charge in [-0.25, -0.2) is 9.78 Å². The van der Waals surface area contributed by atoms with E-state index < -0.39 is 16.3 Å². The van der Waals surface area contributed by atoms with Gasteiger partial charge in [-0.15, -0.1) is 0 Å². The van der Waals surface area contributed by atoms with Crippen LogP contribution in [0.3, 0.4) is 0 Å². The number of ketones is 1.